The molecule has 6 unspecified atom stereocenters. The number of rotatable bonds is 14. The number of thiophene rings is 1. The van der Waals surface area contributed by atoms with E-state index in [4.69, 9.17) is 9.47 Å². The lowest BCUT2D eigenvalue weighted by atomic mass is 9.96. The Morgan fingerprint density at radius 1 is 0.886 bits per heavy atom. The summed E-state index contributed by atoms with van der Waals surface area (Å²) in [5.41, 5.74) is 2.94. The quantitative estimate of drug-likeness (QED) is 0.104. The molecule has 0 saturated heterocycles. The lowest BCUT2D eigenvalue weighted by Crippen LogP contribution is -2.45. The molecule has 44 heavy (non-hydrogen) atoms. The lowest BCUT2D eigenvalue weighted by molar-refractivity contribution is -0.168. The zero-order valence-corrected chi connectivity index (χ0v) is 26.4. The van der Waals surface area contributed by atoms with Crippen molar-refractivity contribution in [2.75, 3.05) is 0 Å². The van der Waals surface area contributed by atoms with Crippen LogP contribution in [0.5, 0.6) is 0 Å². The Hall–Kier alpha value is -4.12. The van der Waals surface area contributed by atoms with E-state index in [1.54, 1.807) is 42.8 Å². The van der Waals surface area contributed by atoms with Gasteiger partial charge in [-0.3, -0.25) is 19.7 Å². The molecule has 1 heterocycles. The molecular weight excluding hydrogens is 607 g/mol. The Morgan fingerprint density at radius 2 is 1.52 bits per heavy atom. The van der Waals surface area contributed by atoms with Crippen molar-refractivity contribution < 1.29 is 43.4 Å². The van der Waals surface area contributed by atoms with Gasteiger partial charge >= 0.3 is 25.8 Å². The van der Waals surface area contributed by atoms with E-state index in [2.05, 4.69) is 10.6 Å². The molecule has 0 bridgehead atoms. The molecule has 2 amide bonds. The largest absolute Gasteiger partial charge is 0.480 e. The van der Waals surface area contributed by atoms with Crippen molar-refractivity contribution in [2.45, 2.75) is 58.1 Å². The van der Waals surface area contributed by atoms with Crippen molar-refractivity contribution in [3.8, 4) is 11.1 Å². The molecule has 6 atom stereocenters. The predicted molar refractivity (Wildman–Crippen MR) is 165 cm³/mol. The van der Waals surface area contributed by atoms with Gasteiger partial charge in [0.05, 0.1) is 5.92 Å². The molecule has 0 aliphatic carbocycles. The van der Waals surface area contributed by atoms with Crippen LogP contribution in [0.4, 0.5) is 4.79 Å². The van der Waals surface area contributed by atoms with Crippen LogP contribution in [0.1, 0.15) is 44.6 Å². The summed E-state index contributed by atoms with van der Waals surface area (Å²) in [6.07, 6.45) is -2.37. The molecule has 4 N–H and O–H groups in total. The summed E-state index contributed by atoms with van der Waals surface area (Å²) in [6, 6.07) is 17.2. The number of amides is 2. The van der Waals surface area contributed by atoms with Crippen molar-refractivity contribution in [3.05, 3.63) is 82.6 Å². The fourth-order valence-electron chi connectivity index (χ4n) is 4.11. The number of esters is 1. The van der Waals surface area contributed by atoms with Crippen LogP contribution in [0.15, 0.2) is 71.4 Å². The van der Waals surface area contributed by atoms with Gasteiger partial charge < -0.3 is 25.0 Å². The van der Waals surface area contributed by atoms with Gasteiger partial charge in [0.1, 0.15) is 12.0 Å². The number of carbonyl (C=O) groups is 4. The first-order chi connectivity index (χ1) is 20.9. The second-order valence-corrected chi connectivity index (χ2v) is 12.9. The van der Waals surface area contributed by atoms with E-state index >= 15 is 0 Å². The highest BCUT2D eigenvalue weighted by Crippen LogP contribution is 2.46. The fourth-order valence-corrected chi connectivity index (χ4v) is 6.48. The highest BCUT2D eigenvalue weighted by atomic mass is 32.1. The minimum atomic E-state index is -2.81. The standard InChI is InChI=1S/C31H35N2O9PS/c1-18(2)29(37)41-20(4)42-31(39)33-27(24-14-15-44-17-24)43(40)30(38)25(26(34)32-19(3)28(35)36)16-21-10-12-23(13-11-21)22-8-6-5-7-9-22/h5-15,17-20,25,27,30,38H,16H2,1-4H3,(H2-,32,33,34,35,36,39)/p+1. The maximum absolute atomic E-state index is 13.9. The number of carboxylic acids is 1. The van der Waals surface area contributed by atoms with Crippen LogP contribution in [0.25, 0.3) is 11.1 Å². The summed E-state index contributed by atoms with van der Waals surface area (Å²) in [6.45, 7) is 5.86. The molecule has 0 spiro atoms. The highest BCUT2D eigenvalue weighted by Gasteiger charge is 2.48. The monoisotopic (exact) mass is 643 g/mol. The second kappa shape index (κ2) is 16.1. The second-order valence-electron chi connectivity index (χ2n) is 10.4. The molecule has 2 aromatic carbocycles. The van der Waals surface area contributed by atoms with E-state index < -0.39 is 67.5 Å². The zero-order valence-electron chi connectivity index (χ0n) is 24.7. The Labute approximate surface area is 260 Å². The van der Waals surface area contributed by atoms with Gasteiger partial charge in [-0.05, 0) is 41.5 Å². The Bertz CT molecular complexity index is 1430. The third-order valence-corrected chi connectivity index (χ3v) is 9.12. The first kappa shape index (κ1) is 34.4. The van der Waals surface area contributed by atoms with E-state index in [1.165, 1.54) is 25.2 Å². The summed E-state index contributed by atoms with van der Waals surface area (Å²) in [5, 5.41) is 28.8. The lowest BCUT2D eigenvalue weighted by Gasteiger charge is -2.21. The van der Waals surface area contributed by atoms with Gasteiger partial charge in [-0.1, -0.05) is 73.0 Å². The van der Waals surface area contributed by atoms with Gasteiger partial charge in [-0.2, -0.15) is 11.3 Å². The van der Waals surface area contributed by atoms with Crippen LogP contribution in [0.2, 0.25) is 0 Å². The molecule has 0 aliphatic rings. The van der Waals surface area contributed by atoms with Crippen molar-refractivity contribution >= 4 is 43.1 Å². The molecule has 3 aromatic rings. The van der Waals surface area contributed by atoms with Gasteiger partial charge in [-0.15, -0.1) is 0 Å². The zero-order chi connectivity index (χ0) is 32.4. The number of nitrogens with one attached hydrogen (secondary N) is 2. The van der Waals surface area contributed by atoms with Crippen molar-refractivity contribution in [1.82, 2.24) is 10.6 Å². The molecule has 13 heteroatoms. The molecule has 1 aromatic heterocycles. The summed E-state index contributed by atoms with van der Waals surface area (Å²) in [4.78, 5) is 49.3. The number of aliphatic hydroxyl groups is 1. The minimum Gasteiger partial charge on any atom is -0.480 e. The first-order valence-corrected chi connectivity index (χ1v) is 16.2. The highest BCUT2D eigenvalue weighted by molar-refractivity contribution is 7.45. The first-order valence-electron chi connectivity index (χ1n) is 13.9. The molecule has 0 aliphatic heterocycles. The number of carboxylic acid groups (broad SMARTS) is 1. The maximum atomic E-state index is 13.9. The molecule has 0 saturated carbocycles. The summed E-state index contributed by atoms with van der Waals surface area (Å²) >= 11 is 1.26. The molecular formula is C31H36N2O9PS+. The normalized spacial score (nSPS) is 14.8. The smallest absolute Gasteiger partial charge is 0.413 e. The van der Waals surface area contributed by atoms with Gasteiger partial charge in [0.2, 0.25) is 12.2 Å². The van der Waals surface area contributed by atoms with Crippen LogP contribution in [-0.4, -0.2) is 52.3 Å². The van der Waals surface area contributed by atoms with Crippen LogP contribution >= 0.6 is 19.1 Å². The number of aliphatic hydroxyl groups excluding tert-OH is 1. The van der Waals surface area contributed by atoms with E-state index in [0.29, 0.717) is 11.1 Å². The molecule has 0 fully saturated rings. The number of carbonyl (C=O) groups excluding carboxylic acids is 3. The molecule has 3 rings (SSSR count). The minimum absolute atomic E-state index is 0.0710. The van der Waals surface area contributed by atoms with Gasteiger partial charge in [-0.25, -0.2) is 4.79 Å². The molecule has 11 nitrogen and oxygen atoms in total. The number of ether oxygens (including phenoxy) is 2. The number of aliphatic carboxylic acids is 1. The van der Waals surface area contributed by atoms with E-state index in [-0.39, 0.29) is 6.42 Å². The maximum Gasteiger partial charge on any atom is 0.413 e. The molecule has 234 valence electrons. The summed E-state index contributed by atoms with van der Waals surface area (Å²) < 4.78 is 24.0. The van der Waals surface area contributed by atoms with Crippen LogP contribution in [-0.2, 0) is 34.8 Å². The number of hydrogen-bond acceptors (Lipinski definition) is 9. The Balaban J connectivity index is 1.84. The van der Waals surface area contributed by atoms with Crippen molar-refractivity contribution in [3.63, 3.8) is 0 Å². The van der Waals surface area contributed by atoms with Crippen molar-refractivity contribution in [2.24, 2.45) is 11.8 Å². The predicted octanol–water partition coefficient (Wildman–Crippen LogP) is 5.28. The number of benzene rings is 2. The van der Waals surface area contributed by atoms with Gasteiger partial charge in [0.15, 0.2) is 0 Å². The van der Waals surface area contributed by atoms with Gasteiger partial charge in [0, 0.05) is 17.9 Å². The average Bonchev–Trinajstić information content (AvgIpc) is 3.53. The van der Waals surface area contributed by atoms with Crippen LogP contribution in [0, 0.1) is 11.8 Å². The topological polar surface area (TPSA) is 168 Å². The average molecular weight is 644 g/mol. The molecule has 0 radical (unpaired) electrons. The number of hydrogen-bond donors (Lipinski definition) is 4. The third kappa shape index (κ3) is 9.70. The van der Waals surface area contributed by atoms with E-state index in [0.717, 1.165) is 11.1 Å². The Kier molecular flexibility index (Phi) is 12.6. The fraction of sp³-hybridized carbons (Fsp3) is 0.355. The van der Waals surface area contributed by atoms with Crippen LogP contribution < -0.4 is 10.6 Å². The summed E-state index contributed by atoms with van der Waals surface area (Å²) in [7, 11) is -2.81. The van der Waals surface area contributed by atoms with Gasteiger partial charge in [0.25, 0.3) is 11.6 Å². The third-order valence-electron chi connectivity index (χ3n) is 6.60. The van der Waals surface area contributed by atoms with E-state index in [9.17, 15) is 34.0 Å². The Morgan fingerprint density at radius 3 is 2.09 bits per heavy atom. The SMILES string of the molecule is CC(OC(=O)NC(c1ccsc1)[P+](=O)C(O)C(Cc1ccc(-c2ccccc2)cc1)C(=O)NC(C)C(=O)O)OC(=O)C(C)C. The van der Waals surface area contributed by atoms with Crippen molar-refractivity contribution in [1.29, 1.82) is 0 Å². The summed E-state index contributed by atoms with van der Waals surface area (Å²) in [5.74, 6) is -7.55. The number of alkyl carbamates (subject to hydrolysis) is 1. The van der Waals surface area contributed by atoms with Crippen LogP contribution in [0.3, 0.4) is 0 Å². The van der Waals surface area contributed by atoms with E-state index in [1.807, 2.05) is 42.5 Å².